The van der Waals surface area contributed by atoms with Crippen molar-refractivity contribution in [2.24, 2.45) is 0 Å². The molecule has 0 radical (unpaired) electrons. The molecule has 1 heterocycles. The normalized spacial score (nSPS) is 16.7. The molecule has 0 unspecified atom stereocenters. The molecule has 3 aromatic carbocycles. The van der Waals surface area contributed by atoms with Crippen molar-refractivity contribution in [1.82, 2.24) is 9.80 Å². The van der Waals surface area contributed by atoms with Gasteiger partial charge in [0.1, 0.15) is 5.82 Å². The Bertz CT molecular complexity index is 1070. The van der Waals surface area contributed by atoms with Crippen molar-refractivity contribution in [2.75, 3.05) is 37.6 Å². The highest BCUT2D eigenvalue weighted by atomic mass is 19.1. The summed E-state index contributed by atoms with van der Waals surface area (Å²) in [6.07, 6.45) is 3.03. The minimum atomic E-state index is -0.216. The highest BCUT2D eigenvalue weighted by Gasteiger charge is 2.30. The Morgan fingerprint density at radius 1 is 0.906 bits per heavy atom. The molecule has 5 rings (SSSR count). The highest BCUT2D eigenvalue weighted by Crippen LogP contribution is 2.30. The molecule has 3 aromatic rings. The van der Waals surface area contributed by atoms with Gasteiger partial charge in [-0.3, -0.25) is 9.69 Å². The van der Waals surface area contributed by atoms with Gasteiger partial charge in [-0.05, 0) is 53.4 Å². The number of hydrogen-bond acceptors (Lipinski definition) is 3. The molecular weight excluding hydrogens is 401 g/mol. The van der Waals surface area contributed by atoms with Crippen LogP contribution in [0.5, 0.6) is 0 Å². The van der Waals surface area contributed by atoms with Crippen LogP contribution in [0.1, 0.15) is 24.8 Å². The quantitative estimate of drug-likeness (QED) is 0.543. The number of rotatable bonds is 7. The summed E-state index contributed by atoms with van der Waals surface area (Å²) in [5.74, 6) is 0.0265. The number of anilines is 1. The third-order valence-electron chi connectivity index (χ3n) is 6.75. The van der Waals surface area contributed by atoms with Crippen LogP contribution in [0.3, 0.4) is 0 Å². The fourth-order valence-electron chi connectivity index (χ4n) is 4.74. The minimum absolute atomic E-state index is 0.216. The van der Waals surface area contributed by atoms with Gasteiger partial charge in [0.2, 0.25) is 5.91 Å². The number of carbonyl (C=O) groups is 1. The van der Waals surface area contributed by atoms with Gasteiger partial charge in [-0.1, -0.05) is 42.5 Å². The van der Waals surface area contributed by atoms with Crippen LogP contribution in [-0.4, -0.2) is 54.5 Å². The third-order valence-corrected chi connectivity index (χ3v) is 6.75. The van der Waals surface area contributed by atoms with Crippen LogP contribution in [0.15, 0.2) is 66.7 Å². The molecule has 4 nitrogen and oxygen atoms in total. The van der Waals surface area contributed by atoms with E-state index < -0.39 is 0 Å². The zero-order chi connectivity index (χ0) is 21.9. The zero-order valence-electron chi connectivity index (χ0n) is 18.4. The highest BCUT2D eigenvalue weighted by molar-refractivity contribution is 5.85. The second kappa shape index (κ2) is 9.29. The van der Waals surface area contributed by atoms with Crippen LogP contribution < -0.4 is 4.90 Å². The van der Waals surface area contributed by atoms with Gasteiger partial charge in [-0.2, -0.15) is 0 Å². The van der Waals surface area contributed by atoms with Crippen molar-refractivity contribution in [1.29, 1.82) is 0 Å². The first kappa shape index (κ1) is 21.0. The second-order valence-electron chi connectivity index (χ2n) is 8.93. The molecule has 0 spiro atoms. The molecule has 0 atom stereocenters. The van der Waals surface area contributed by atoms with Crippen LogP contribution in [0.25, 0.3) is 10.8 Å². The number of piperazine rings is 1. The number of amides is 1. The summed E-state index contributed by atoms with van der Waals surface area (Å²) in [5.41, 5.74) is 2.36. The molecule has 1 saturated heterocycles. The molecule has 0 aromatic heterocycles. The predicted octanol–water partition coefficient (Wildman–Crippen LogP) is 4.68. The predicted molar refractivity (Wildman–Crippen MR) is 127 cm³/mol. The Morgan fingerprint density at radius 2 is 1.62 bits per heavy atom. The molecular formula is C27H30FN3O. The number of hydrogen-bond donors (Lipinski definition) is 0. The first-order chi connectivity index (χ1) is 15.7. The van der Waals surface area contributed by atoms with Crippen molar-refractivity contribution < 1.29 is 9.18 Å². The van der Waals surface area contributed by atoms with Crippen LogP contribution in [0.2, 0.25) is 0 Å². The maximum absolute atomic E-state index is 13.2. The Morgan fingerprint density at radius 3 is 2.38 bits per heavy atom. The molecule has 1 amide bonds. The summed E-state index contributed by atoms with van der Waals surface area (Å²) in [4.78, 5) is 19.6. The van der Waals surface area contributed by atoms with Gasteiger partial charge in [0.25, 0.3) is 0 Å². The van der Waals surface area contributed by atoms with Gasteiger partial charge in [-0.15, -0.1) is 0 Å². The number of halogens is 1. The summed E-state index contributed by atoms with van der Waals surface area (Å²) >= 11 is 0. The third kappa shape index (κ3) is 4.78. The van der Waals surface area contributed by atoms with Gasteiger partial charge in [0.15, 0.2) is 0 Å². The van der Waals surface area contributed by atoms with Crippen LogP contribution in [0, 0.1) is 5.82 Å². The van der Waals surface area contributed by atoms with Crippen molar-refractivity contribution >= 4 is 22.4 Å². The van der Waals surface area contributed by atoms with E-state index in [1.165, 1.54) is 41.3 Å². The standard InChI is InChI=1S/C27H30FN3O/c28-23-8-10-24(11-9-23)29-16-18-30(19-17-29)27(32)14-15-31(25-12-13-25)20-22-6-3-5-21-4-1-2-7-26(21)22/h1-11,25H,12-20H2. The molecule has 0 N–H and O–H groups in total. The Balaban J connectivity index is 1.16. The molecule has 32 heavy (non-hydrogen) atoms. The van der Waals surface area contributed by atoms with Gasteiger partial charge < -0.3 is 9.80 Å². The van der Waals surface area contributed by atoms with Crippen LogP contribution >= 0.6 is 0 Å². The molecule has 0 bridgehead atoms. The summed E-state index contributed by atoms with van der Waals surface area (Å²) in [5, 5.41) is 2.58. The molecule has 166 valence electrons. The van der Waals surface area contributed by atoms with Gasteiger partial charge in [-0.25, -0.2) is 4.39 Å². The van der Waals surface area contributed by atoms with Crippen molar-refractivity contribution in [2.45, 2.75) is 31.8 Å². The van der Waals surface area contributed by atoms with Crippen LogP contribution in [0.4, 0.5) is 10.1 Å². The molecule has 2 fully saturated rings. The first-order valence-electron chi connectivity index (χ1n) is 11.7. The minimum Gasteiger partial charge on any atom is -0.368 e. The maximum Gasteiger partial charge on any atom is 0.223 e. The molecule has 1 aliphatic heterocycles. The summed E-state index contributed by atoms with van der Waals surface area (Å²) < 4.78 is 13.2. The lowest BCUT2D eigenvalue weighted by molar-refractivity contribution is -0.131. The number of nitrogens with zero attached hydrogens (tertiary/aromatic N) is 3. The summed E-state index contributed by atoms with van der Waals surface area (Å²) in [6.45, 7) is 4.74. The average Bonchev–Trinajstić information content (AvgIpc) is 3.68. The van der Waals surface area contributed by atoms with E-state index in [0.717, 1.165) is 45.0 Å². The van der Waals surface area contributed by atoms with Gasteiger partial charge >= 0.3 is 0 Å². The lowest BCUT2D eigenvalue weighted by Crippen LogP contribution is -2.49. The van der Waals surface area contributed by atoms with Crippen molar-refractivity contribution in [3.63, 3.8) is 0 Å². The van der Waals surface area contributed by atoms with E-state index in [1.54, 1.807) is 0 Å². The SMILES string of the molecule is O=C(CCN(Cc1cccc2ccccc12)C1CC1)N1CCN(c2ccc(F)cc2)CC1. The monoisotopic (exact) mass is 431 g/mol. The lowest BCUT2D eigenvalue weighted by Gasteiger charge is -2.36. The van der Waals surface area contributed by atoms with E-state index in [9.17, 15) is 9.18 Å². The average molecular weight is 432 g/mol. The van der Waals surface area contributed by atoms with E-state index in [1.807, 2.05) is 17.0 Å². The van der Waals surface area contributed by atoms with Gasteiger partial charge in [0.05, 0.1) is 0 Å². The molecule has 1 saturated carbocycles. The number of benzene rings is 3. The van der Waals surface area contributed by atoms with E-state index in [0.29, 0.717) is 12.5 Å². The van der Waals surface area contributed by atoms with Gasteiger partial charge in [0, 0.05) is 57.4 Å². The Kier molecular flexibility index (Phi) is 6.08. The smallest absolute Gasteiger partial charge is 0.223 e. The largest absolute Gasteiger partial charge is 0.368 e. The Labute approximate surface area is 189 Å². The number of carbonyl (C=O) groups excluding carboxylic acids is 1. The van der Waals surface area contributed by atoms with E-state index in [4.69, 9.17) is 0 Å². The summed E-state index contributed by atoms with van der Waals surface area (Å²) in [7, 11) is 0. The van der Waals surface area contributed by atoms with Crippen molar-refractivity contribution in [3.05, 3.63) is 78.1 Å². The fraction of sp³-hybridized carbons (Fsp3) is 0.370. The Hall–Kier alpha value is -2.92. The van der Waals surface area contributed by atoms with E-state index in [2.05, 4.69) is 52.3 Å². The van der Waals surface area contributed by atoms with E-state index in [-0.39, 0.29) is 11.7 Å². The number of fused-ring (bicyclic) bond motifs is 1. The zero-order valence-corrected chi connectivity index (χ0v) is 18.4. The topological polar surface area (TPSA) is 26.8 Å². The summed E-state index contributed by atoms with van der Waals surface area (Å²) in [6, 6.07) is 22.3. The first-order valence-corrected chi connectivity index (χ1v) is 11.7. The van der Waals surface area contributed by atoms with Crippen LogP contribution in [-0.2, 0) is 11.3 Å². The lowest BCUT2D eigenvalue weighted by atomic mass is 10.0. The molecule has 1 aliphatic carbocycles. The maximum atomic E-state index is 13.2. The van der Waals surface area contributed by atoms with Crippen molar-refractivity contribution in [3.8, 4) is 0 Å². The van der Waals surface area contributed by atoms with E-state index >= 15 is 0 Å². The fourth-order valence-corrected chi connectivity index (χ4v) is 4.74. The second-order valence-corrected chi connectivity index (χ2v) is 8.93. The molecule has 2 aliphatic rings. The molecule has 5 heteroatoms.